The Kier molecular flexibility index (Phi) is 3.38. The van der Waals surface area contributed by atoms with Gasteiger partial charge in [-0.25, -0.2) is 4.39 Å². The number of benzene rings is 1. The Bertz CT molecular complexity index is 475. The Labute approximate surface area is 104 Å². The highest BCUT2D eigenvalue weighted by atomic mass is 19.1. The van der Waals surface area contributed by atoms with E-state index in [9.17, 15) is 9.18 Å². The van der Waals surface area contributed by atoms with E-state index in [2.05, 4.69) is 0 Å². The molecule has 0 atom stereocenters. The Morgan fingerprint density at radius 3 is 2.67 bits per heavy atom. The van der Waals surface area contributed by atoms with Crippen molar-refractivity contribution in [3.05, 3.63) is 23.5 Å². The van der Waals surface area contributed by atoms with Gasteiger partial charge in [0.1, 0.15) is 5.82 Å². The fraction of sp³-hybridized carbons (Fsp3) is 0.417. The van der Waals surface area contributed by atoms with Gasteiger partial charge < -0.3 is 21.5 Å². The number of carbonyl (C=O) groups is 1. The molecule has 1 fully saturated rings. The number of nitrogen functional groups attached to an aromatic ring is 1. The molecule has 1 saturated carbocycles. The fourth-order valence-corrected chi connectivity index (χ4v) is 2.00. The average molecular weight is 253 g/mol. The minimum atomic E-state index is -0.687. The Hall–Kier alpha value is -1.82. The van der Waals surface area contributed by atoms with Crippen LogP contribution in [0.3, 0.4) is 0 Å². The molecular formula is C12H16FN3O2. The largest absolute Gasteiger partial charge is 0.398 e. The first-order valence-corrected chi connectivity index (χ1v) is 5.81. The average Bonchev–Trinajstić information content (AvgIpc) is 3.10. The summed E-state index contributed by atoms with van der Waals surface area (Å²) in [5, 5.41) is 9.02. The maximum Gasteiger partial charge on any atom is 0.250 e. The maximum atomic E-state index is 13.9. The number of rotatable bonds is 5. The molecule has 6 heteroatoms. The molecule has 18 heavy (non-hydrogen) atoms. The SMILES string of the molecule is NC(=O)c1cc(N(CCO)C2CC2)c(F)cc1N. The van der Waals surface area contributed by atoms with Crippen LogP contribution in [-0.4, -0.2) is 30.2 Å². The summed E-state index contributed by atoms with van der Waals surface area (Å²) in [5.41, 5.74) is 11.1. The van der Waals surface area contributed by atoms with Crippen molar-refractivity contribution < 1.29 is 14.3 Å². The molecule has 98 valence electrons. The molecule has 0 saturated heterocycles. The van der Waals surface area contributed by atoms with Gasteiger partial charge in [0.2, 0.25) is 0 Å². The summed E-state index contributed by atoms with van der Waals surface area (Å²) in [6.45, 7) is 0.246. The Balaban J connectivity index is 2.41. The zero-order valence-electron chi connectivity index (χ0n) is 9.90. The lowest BCUT2D eigenvalue weighted by atomic mass is 10.1. The molecule has 1 aromatic rings. The molecule has 0 spiro atoms. The van der Waals surface area contributed by atoms with Gasteiger partial charge in [-0.15, -0.1) is 0 Å². The summed E-state index contributed by atoms with van der Waals surface area (Å²) in [4.78, 5) is 13.0. The van der Waals surface area contributed by atoms with E-state index in [1.54, 1.807) is 4.90 Å². The van der Waals surface area contributed by atoms with Crippen LogP contribution in [0.15, 0.2) is 12.1 Å². The van der Waals surface area contributed by atoms with Crippen molar-refractivity contribution in [3.8, 4) is 0 Å². The second-order valence-electron chi connectivity index (χ2n) is 4.40. The molecule has 0 aliphatic heterocycles. The maximum absolute atomic E-state index is 13.9. The number of aliphatic hydroxyl groups is 1. The monoisotopic (exact) mass is 253 g/mol. The van der Waals surface area contributed by atoms with E-state index in [1.807, 2.05) is 0 Å². The highest BCUT2D eigenvalue weighted by Crippen LogP contribution is 2.34. The fourth-order valence-electron chi connectivity index (χ4n) is 2.00. The molecule has 1 aliphatic carbocycles. The molecule has 0 radical (unpaired) electrons. The van der Waals surface area contributed by atoms with Crippen LogP contribution >= 0.6 is 0 Å². The van der Waals surface area contributed by atoms with Crippen LogP contribution in [0.5, 0.6) is 0 Å². The van der Waals surface area contributed by atoms with Crippen molar-refractivity contribution in [2.45, 2.75) is 18.9 Å². The van der Waals surface area contributed by atoms with E-state index in [0.29, 0.717) is 6.54 Å². The van der Waals surface area contributed by atoms with Gasteiger partial charge in [-0.1, -0.05) is 0 Å². The number of halogens is 1. The van der Waals surface area contributed by atoms with Crippen LogP contribution < -0.4 is 16.4 Å². The van der Waals surface area contributed by atoms with E-state index in [1.165, 1.54) is 6.07 Å². The Morgan fingerprint density at radius 2 is 2.17 bits per heavy atom. The lowest BCUT2D eigenvalue weighted by Crippen LogP contribution is -2.30. The molecule has 0 bridgehead atoms. The zero-order chi connectivity index (χ0) is 13.3. The third-order valence-corrected chi connectivity index (χ3v) is 3.02. The summed E-state index contributed by atoms with van der Waals surface area (Å²) in [5.74, 6) is -1.19. The molecule has 1 aliphatic rings. The molecule has 1 aromatic carbocycles. The van der Waals surface area contributed by atoms with Crippen LogP contribution in [-0.2, 0) is 0 Å². The number of carbonyl (C=O) groups excluding carboxylic acids is 1. The number of hydrogen-bond acceptors (Lipinski definition) is 4. The standard InChI is InChI=1S/C12H16FN3O2/c13-9-6-10(14)8(12(15)18)5-11(9)16(3-4-17)7-1-2-7/h5-7,17H,1-4,14H2,(H2,15,18). The number of primary amides is 1. The molecule has 0 heterocycles. The zero-order valence-corrected chi connectivity index (χ0v) is 9.90. The minimum absolute atomic E-state index is 0.0310. The molecule has 5 N–H and O–H groups in total. The normalized spacial score (nSPS) is 14.6. The van der Waals surface area contributed by atoms with Gasteiger partial charge in [0.15, 0.2) is 0 Å². The van der Waals surface area contributed by atoms with E-state index < -0.39 is 11.7 Å². The Morgan fingerprint density at radius 1 is 1.50 bits per heavy atom. The number of nitrogens with zero attached hydrogens (tertiary/aromatic N) is 1. The van der Waals surface area contributed by atoms with Gasteiger partial charge in [0.05, 0.1) is 17.9 Å². The van der Waals surface area contributed by atoms with Crippen LogP contribution in [0.1, 0.15) is 23.2 Å². The van der Waals surface area contributed by atoms with E-state index >= 15 is 0 Å². The summed E-state index contributed by atoms with van der Waals surface area (Å²) >= 11 is 0. The number of hydrogen-bond donors (Lipinski definition) is 3. The molecule has 0 aromatic heterocycles. The van der Waals surface area contributed by atoms with Gasteiger partial charge in [-0.05, 0) is 25.0 Å². The van der Waals surface area contributed by atoms with E-state index in [4.69, 9.17) is 16.6 Å². The van der Waals surface area contributed by atoms with Crippen molar-refractivity contribution in [3.63, 3.8) is 0 Å². The third kappa shape index (κ3) is 2.38. The molecule has 2 rings (SSSR count). The summed E-state index contributed by atoms with van der Waals surface area (Å²) in [6, 6.07) is 2.68. The molecular weight excluding hydrogens is 237 g/mol. The van der Waals surface area contributed by atoms with Crippen LogP contribution in [0, 0.1) is 5.82 Å². The summed E-state index contributed by atoms with van der Waals surface area (Å²) < 4.78 is 13.9. The van der Waals surface area contributed by atoms with Gasteiger partial charge >= 0.3 is 0 Å². The molecule has 0 unspecified atom stereocenters. The van der Waals surface area contributed by atoms with E-state index in [-0.39, 0.29) is 29.6 Å². The summed E-state index contributed by atoms with van der Waals surface area (Å²) in [6.07, 6.45) is 1.91. The summed E-state index contributed by atoms with van der Waals surface area (Å²) in [7, 11) is 0. The van der Waals surface area contributed by atoms with Crippen molar-refractivity contribution >= 4 is 17.3 Å². The quantitative estimate of drug-likeness (QED) is 0.665. The number of nitrogens with two attached hydrogens (primary N) is 2. The van der Waals surface area contributed by atoms with Crippen molar-refractivity contribution in [2.75, 3.05) is 23.8 Å². The first-order chi connectivity index (χ1) is 8.54. The van der Waals surface area contributed by atoms with Gasteiger partial charge in [0.25, 0.3) is 5.91 Å². The second-order valence-corrected chi connectivity index (χ2v) is 4.40. The predicted octanol–water partition coefficient (Wildman–Crippen LogP) is 0.468. The lowest BCUT2D eigenvalue weighted by molar-refractivity contribution is 0.100. The highest BCUT2D eigenvalue weighted by Gasteiger charge is 2.31. The van der Waals surface area contributed by atoms with Crippen LogP contribution in [0.25, 0.3) is 0 Å². The van der Waals surface area contributed by atoms with Crippen LogP contribution in [0.2, 0.25) is 0 Å². The van der Waals surface area contributed by atoms with Gasteiger partial charge in [-0.2, -0.15) is 0 Å². The highest BCUT2D eigenvalue weighted by molar-refractivity contribution is 5.99. The first kappa shape index (κ1) is 12.6. The predicted molar refractivity (Wildman–Crippen MR) is 66.8 cm³/mol. The molecule has 1 amide bonds. The van der Waals surface area contributed by atoms with Crippen LogP contribution in [0.4, 0.5) is 15.8 Å². The topological polar surface area (TPSA) is 92.6 Å². The number of aliphatic hydroxyl groups excluding tert-OH is 1. The van der Waals surface area contributed by atoms with E-state index in [0.717, 1.165) is 18.9 Å². The number of amides is 1. The van der Waals surface area contributed by atoms with Gasteiger partial charge in [-0.3, -0.25) is 4.79 Å². The van der Waals surface area contributed by atoms with Crippen molar-refractivity contribution in [1.82, 2.24) is 0 Å². The smallest absolute Gasteiger partial charge is 0.250 e. The number of anilines is 2. The third-order valence-electron chi connectivity index (χ3n) is 3.02. The van der Waals surface area contributed by atoms with Gasteiger partial charge in [0, 0.05) is 18.3 Å². The minimum Gasteiger partial charge on any atom is -0.398 e. The van der Waals surface area contributed by atoms with Crippen molar-refractivity contribution in [2.24, 2.45) is 5.73 Å². The van der Waals surface area contributed by atoms with Crippen molar-refractivity contribution in [1.29, 1.82) is 0 Å². The lowest BCUT2D eigenvalue weighted by Gasteiger charge is -2.25. The first-order valence-electron chi connectivity index (χ1n) is 5.81. The molecule has 5 nitrogen and oxygen atoms in total. The second kappa shape index (κ2) is 4.81.